The van der Waals surface area contributed by atoms with Gasteiger partial charge in [-0.3, -0.25) is 14.2 Å². The van der Waals surface area contributed by atoms with E-state index in [9.17, 15) is 14.4 Å². The maximum Gasteiger partial charge on any atom is 0.419 e. The Morgan fingerprint density at radius 1 is 1.04 bits per heavy atom. The van der Waals surface area contributed by atoms with Gasteiger partial charge in [0, 0.05) is 45.1 Å². The van der Waals surface area contributed by atoms with Gasteiger partial charge in [-0.2, -0.15) is 0 Å². The number of hydrogen-bond donors (Lipinski definition) is 0. The number of carbonyl (C=O) groups is 2. The average molecular weight is 357 g/mol. The van der Waals surface area contributed by atoms with Crippen molar-refractivity contribution in [2.45, 2.75) is 32.2 Å². The predicted octanol–water partition coefficient (Wildman–Crippen LogP) is 1.46. The second-order valence-corrected chi connectivity index (χ2v) is 7.07. The number of aryl methyl sites for hydroxylation is 1. The van der Waals surface area contributed by atoms with Crippen molar-refractivity contribution in [3.8, 4) is 0 Å². The van der Waals surface area contributed by atoms with Gasteiger partial charge in [0.1, 0.15) is 0 Å². The summed E-state index contributed by atoms with van der Waals surface area (Å²) in [5.74, 6) is 0.193. The number of piperazine rings is 1. The van der Waals surface area contributed by atoms with Crippen LogP contribution in [0.15, 0.2) is 33.5 Å². The number of carbonyl (C=O) groups excluding carboxylic acids is 2. The van der Waals surface area contributed by atoms with E-state index >= 15 is 0 Å². The van der Waals surface area contributed by atoms with Gasteiger partial charge in [-0.15, -0.1) is 0 Å². The molecule has 2 fully saturated rings. The number of benzene rings is 1. The summed E-state index contributed by atoms with van der Waals surface area (Å²) in [6.07, 6.45) is 3.01. The van der Waals surface area contributed by atoms with Crippen LogP contribution in [0.25, 0.3) is 11.1 Å². The molecule has 1 saturated carbocycles. The summed E-state index contributed by atoms with van der Waals surface area (Å²) in [6, 6.07) is 7.30. The van der Waals surface area contributed by atoms with Crippen LogP contribution in [-0.4, -0.2) is 52.4 Å². The number of nitrogens with zero attached hydrogens (tertiary/aromatic N) is 3. The number of rotatable bonds is 5. The second kappa shape index (κ2) is 6.97. The molecular formula is C19H23N3O4. The third kappa shape index (κ3) is 3.38. The first kappa shape index (κ1) is 16.9. The Morgan fingerprint density at radius 3 is 2.46 bits per heavy atom. The molecule has 0 bridgehead atoms. The average Bonchev–Trinajstić information content (AvgIpc) is 3.46. The lowest BCUT2D eigenvalue weighted by atomic mass is 10.2. The Balaban J connectivity index is 1.27. The van der Waals surface area contributed by atoms with Gasteiger partial charge in [0.2, 0.25) is 11.8 Å². The molecule has 4 rings (SSSR count). The zero-order chi connectivity index (χ0) is 18.1. The van der Waals surface area contributed by atoms with E-state index in [-0.39, 0.29) is 23.5 Å². The molecule has 26 heavy (non-hydrogen) atoms. The van der Waals surface area contributed by atoms with E-state index < -0.39 is 0 Å². The fourth-order valence-electron chi connectivity index (χ4n) is 3.54. The molecule has 1 aliphatic heterocycles. The molecule has 138 valence electrons. The highest BCUT2D eigenvalue weighted by Crippen LogP contribution is 2.31. The SMILES string of the molecule is O=C(CCCn1c(=O)oc2ccccc21)N1CCN(C(=O)C2CC2)CC1. The molecule has 1 saturated heterocycles. The van der Waals surface area contributed by atoms with Crippen LogP contribution in [0.5, 0.6) is 0 Å². The van der Waals surface area contributed by atoms with Gasteiger partial charge in [0.25, 0.3) is 0 Å². The number of fused-ring (bicyclic) bond motifs is 1. The third-order valence-electron chi connectivity index (χ3n) is 5.22. The molecule has 2 amide bonds. The number of amides is 2. The van der Waals surface area contributed by atoms with Crippen molar-refractivity contribution in [1.82, 2.24) is 14.4 Å². The number of para-hydroxylation sites is 2. The van der Waals surface area contributed by atoms with Crippen molar-refractivity contribution in [3.05, 3.63) is 34.8 Å². The van der Waals surface area contributed by atoms with Gasteiger partial charge in [-0.25, -0.2) is 4.79 Å². The van der Waals surface area contributed by atoms with Gasteiger partial charge in [-0.1, -0.05) is 12.1 Å². The molecule has 2 heterocycles. The van der Waals surface area contributed by atoms with Crippen molar-refractivity contribution in [1.29, 1.82) is 0 Å². The first-order valence-electron chi connectivity index (χ1n) is 9.28. The van der Waals surface area contributed by atoms with Crippen molar-refractivity contribution >= 4 is 22.9 Å². The summed E-state index contributed by atoms with van der Waals surface area (Å²) < 4.78 is 6.78. The quantitative estimate of drug-likeness (QED) is 0.812. The first-order valence-corrected chi connectivity index (χ1v) is 9.28. The maximum atomic E-state index is 12.4. The van der Waals surface area contributed by atoms with Crippen molar-refractivity contribution in [3.63, 3.8) is 0 Å². The van der Waals surface area contributed by atoms with Gasteiger partial charge in [0.05, 0.1) is 5.52 Å². The second-order valence-electron chi connectivity index (χ2n) is 7.07. The van der Waals surface area contributed by atoms with E-state index in [1.807, 2.05) is 28.0 Å². The minimum absolute atomic E-state index is 0.0874. The van der Waals surface area contributed by atoms with Crippen LogP contribution in [0.1, 0.15) is 25.7 Å². The molecule has 0 unspecified atom stereocenters. The van der Waals surface area contributed by atoms with Gasteiger partial charge in [0.15, 0.2) is 5.58 Å². The molecule has 2 aromatic rings. The summed E-state index contributed by atoms with van der Waals surface area (Å²) in [5, 5.41) is 0. The fourth-order valence-corrected chi connectivity index (χ4v) is 3.54. The summed E-state index contributed by atoms with van der Waals surface area (Å²) in [5.41, 5.74) is 1.33. The van der Waals surface area contributed by atoms with Gasteiger partial charge in [-0.05, 0) is 31.4 Å². The normalized spacial score (nSPS) is 17.7. The molecular weight excluding hydrogens is 334 g/mol. The first-order chi connectivity index (χ1) is 12.6. The van der Waals surface area contributed by atoms with Crippen LogP contribution >= 0.6 is 0 Å². The topological polar surface area (TPSA) is 75.8 Å². The fraction of sp³-hybridized carbons (Fsp3) is 0.526. The van der Waals surface area contributed by atoms with Crippen LogP contribution in [-0.2, 0) is 16.1 Å². The van der Waals surface area contributed by atoms with E-state index in [1.54, 1.807) is 10.6 Å². The Hall–Kier alpha value is -2.57. The highest BCUT2D eigenvalue weighted by molar-refractivity contribution is 5.82. The summed E-state index contributed by atoms with van der Waals surface area (Å²) in [6.45, 7) is 2.93. The number of aromatic nitrogens is 1. The molecule has 1 aromatic carbocycles. The minimum atomic E-state index is -0.383. The van der Waals surface area contributed by atoms with E-state index in [0.29, 0.717) is 51.1 Å². The van der Waals surface area contributed by atoms with E-state index in [2.05, 4.69) is 0 Å². The molecule has 0 atom stereocenters. The van der Waals surface area contributed by atoms with Crippen LogP contribution in [0.3, 0.4) is 0 Å². The van der Waals surface area contributed by atoms with Crippen LogP contribution in [0.4, 0.5) is 0 Å². The Labute approximate surface area is 151 Å². The molecule has 2 aliphatic rings. The highest BCUT2D eigenvalue weighted by Gasteiger charge is 2.35. The maximum absolute atomic E-state index is 12.4. The Kier molecular flexibility index (Phi) is 4.53. The lowest BCUT2D eigenvalue weighted by Gasteiger charge is -2.35. The molecule has 7 nitrogen and oxygen atoms in total. The van der Waals surface area contributed by atoms with Crippen LogP contribution in [0, 0.1) is 5.92 Å². The standard InChI is InChI=1S/C19H23N3O4/c23-17(20-10-12-21(13-11-20)18(24)14-7-8-14)6-3-9-22-15-4-1-2-5-16(15)26-19(22)25/h1-2,4-5,14H,3,6-13H2. The third-order valence-corrected chi connectivity index (χ3v) is 5.22. The largest absolute Gasteiger partial charge is 0.419 e. The van der Waals surface area contributed by atoms with E-state index in [0.717, 1.165) is 18.4 Å². The van der Waals surface area contributed by atoms with Crippen molar-refractivity contribution < 1.29 is 14.0 Å². The lowest BCUT2D eigenvalue weighted by molar-refractivity contribution is -0.140. The van der Waals surface area contributed by atoms with Crippen LogP contribution < -0.4 is 5.76 Å². The molecule has 0 spiro atoms. The number of hydrogen-bond acceptors (Lipinski definition) is 4. The zero-order valence-corrected chi connectivity index (χ0v) is 14.7. The van der Waals surface area contributed by atoms with E-state index in [1.165, 1.54) is 0 Å². The molecule has 0 radical (unpaired) electrons. The van der Waals surface area contributed by atoms with E-state index in [4.69, 9.17) is 4.42 Å². The predicted molar refractivity (Wildman–Crippen MR) is 95.6 cm³/mol. The Bertz CT molecular complexity index is 872. The molecule has 7 heteroatoms. The lowest BCUT2D eigenvalue weighted by Crippen LogP contribution is -2.51. The monoisotopic (exact) mass is 357 g/mol. The molecule has 1 aromatic heterocycles. The van der Waals surface area contributed by atoms with Crippen LogP contribution in [0.2, 0.25) is 0 Å². The summed E-state index contributed by atoms with van der Waals surface area (Å²) in [7, 11) is 0. The highest BCUT2D eigenvalue weighted by atomic mass is 16.4. The van der Waals surface area contributed by atoms with Gasteiger partial charge >= 0.3 is 5.76 Å². The molecule has 1 aliphatic carbocycles. The zero-order valence-electron chi connectivity index (χ0n) is 14.7. The van der Waals surface area contributed by atoms with Gasteiger partial charge < -0.3 is 14.2 Å². The molecule has 0 N–H and O–H groups in total. The van der Waals surface area contributed by atoms with Crippen molar-refractivity contribution in [2.24, 2.45) is 5.92 Å². The number of oxazole rings is 1. The minimum Gasteiger partial charge on any atom is -0.408 e. The summed E-state index contributed by atoms with van der Waals surface area (Å²) >= 11 is 0. The Morgan fingerprint density at radius 2 is 1.73 bits per heavy atom. The van der Waals surface area contributed by atoms with Crippen molar-refractivity contribution in [2.75, 3.05) is 26.2 Å². The smallest absolute Gasteiger partial charge is 0.408 e. The summed E-state index contributed by atoms with van der Waals surface area (Å²) in [4.78, 5) is 40.1.